The smallest absolute Gasteiger partial charge is 0.306 e. The summed E-state index contributed by atoms with van der Waals surface area (Å²) in [6, 6.07) is 0. The fourth-order valence-electron chi connectivity index (χ4n) is 7.47. The lowest BCUT2D eigenvalue weighted by Gasteiger charge is -2.18. The standard InChI is InChI=1S/C67H106O6/c1-4-7-10-13-16-19-22-24-25-26-27-28-29-30-31-32-33-34-35-36-37-38-39-40-41-43-45-48-51-54-57-60-66(69)72-63-64(62-71-65(68)59-56-53-50-47-44-21-18-15-12-9-6-3)73-67(70)61-58-55-52-49-46-42-23-20-17-14-11-8-5-2/h7-8,10-11,15-20,24-25,27-28,30-31,33-34,36-37,42,46,52,55,64H,4-6,9,12-14,21-23,26,29,32,35,38-41,43-45,47-51,53-54,56-63H2,1-3H3/b10-7-,11-8-,18-15-,19-16-,20-17-,25-24-,28-27-,31-30-,34-33-,37-36-,46-42-,55-52-. The number of hydrogen-bond acceptors (Lipinski definition) is 6. The first-order chi connectivity index (χ1) is 36.0. The molecule has 0 aromatic heterocycles. The summed E-state index contributed by atoms with van der Waals surface area (Å²) in [6.07, 6.45) is 85.8. The van der Waals surface area contributed by atoms with Crippen molar-refractivity contribution in [3.8, 4) is 0 Å². The van der Waals surface area contributed by atoms with Crippen molar-refractivity contribution >= 4 is 17.9 Å². The molecular formula is C67H106O6. The van der Waals surface area contributed by atoms with E-state index >= 15 is 0 Å². The van der Waals surface area contributed by atoms with Gasteiger partial charge in [-0.2, -0.15) is 0 Å². The lowest BCUT2D eigenvalue weighted by molar-refractivity contribution is -0.166. The first kappa shape index (κ1) is 68.3. The predicted octanol–water partition coefficient (Wildman–Crippen LogP) is 20.0. The summed E-state index contributed by atoms with van der Waals surface area (Å²) in [6.45, 7) is 6.28. The molecule has 0 radical (unpaired) electrons. The average molecular weight is 1010 g/mol. The molecule has 0 aliphatic carbocycles. The van der Waals surface area contributed by atoms with Crippen LogP contribution in [0, 0.1) is 0 Å². The highest BCUT2D eigenvalue weighted by Gasteiger charge is 2.19. The van der Waals surface area contributed by atoms with Crippen LogP contribution in [-0.2, 0) is 28.6 Å². The molecule has 0 aliphatic heterocycles. The molecule has 6 heteroatoms. The third-order valence-corrected chi connectivity index (χ3v) is 11.8. The quantitative estimate of drug-likeness (QED) is 0.0261. The fourth-order valence-corrected chi connectivity index (χ4v) is 7.47. The molecule has 0 aromatic carbocycles. The summed E-state index contributed by atoms with van der Waals surface area (Å²) in [4.78, 5) is 38.0. The van der Waals surface area contributed by atoms with E-state index in [0.717, 1.165) is 128 Å². The largest absolute Gasteiger partial charge is 0.462 e. The molecule has 73 heavy (non-hydrogen) atoms. The molecule has 0 fully saturated rings. The van der Waals surface area contributed by atoms with Crippen LogP contribution in [0.25, 0.3) is 0 Å². The number of esters is 3. The molecule has 0 bridgehead atoms. The van der Waals surface area contributed by atoms with Gasteiger partial charge in [0, 0.05) is 19.3 Å². The molecule has 6 nitrogen and oxygen atoms in total. The van der Waals surface area contributed by atoms with Crippen molar-refractivity contribution in [2.75, 3.05) is 13.2 Å². The average Bonchev–Trinajstić information content (AvgIpc) is 3.39. The summed E-state index contributed by atoms with van der Waals surface area (Å²) >= 11 is 0. The highest BCUT2D eigenvalue weighted by molar-refractivity contribution is 5.71. The van der Waals surface area contributed by atoms with E-state index in [1.165, 1.54) is 64.2 Å². The van der Waals surface area contributed by atoms with Gasteiger partial charge in [-0.1, -0.05) is 244 Å². The van der Waals surface area contributed by atoms with Crippen molar-refractivity contribution in [1.82, 2.24) is 0 Å². The number of carbonyl (C=O) groups is 3. The van der Waals surface area contributed by atoms with Crippen molar-refractivity contribution < 1.29 is 28.6 Å². The van der Waals surface area contributed by atoms with E-state index in [4.69, 9.17) is 14.2 Å². The fraction of sp³-hybridized carbons (Fsp3) is 0.597. The Bertz CT molecular complexity index is 1630. The van der Waals surface area contributed by atoms with Crippen LogP contribution in [0.2, 0.25) is 0 Å². The Morgan fingerprint density at radius 3 is 0.904 bits per heavy atom. The van der Waals surface area contributed by atoms with Gasteiger partial charge in [0.05, 0.1) is 0 Å². The zero-order valence-corrected chi connectivity index (χ0v) is 46.8. The number of allylic oxidation sites excluding steroid dienone is 24. The molecule has 0 heterocycles. The predicted molar refractivity (Wildman–Crippen MR) is 315 cm³/mol. The maximum absolute atomic E-state index is 12.8. The van der Waals surface area contributed by atoms with E-state index in [0.29, 0.717) is 19.3 Å². The van der Waals surface area contributed by atoms with Gasteiger partial charge in [0.15, 0.2) is 6.10 Å². The van der Waals surface area contributed by atoms with Gasteiger partial charge in [-0.25, -0.2) is 0 Å². The molecule has 0 amide bonds. The minimum Gasteiger partial charge on any atom is -0.462 e. The zero-order chi connectivity index (χ0) is 52.9. The Balaban J connectivity index is 4.28. The molecule has 0 saturated carbocycles. The van der Waals surface area contributed by atoms with Crippen LogP contribution in [0.15, 0.2) is 146 Å². The number of rotatable bonds is 51. The van der Waals surface area contributed by atoms with Crippen LogP contribution in [0.4, 0.5) is 0 Å². The number of hydrogen-bond donors (Lipinski definition) is 0. The van der Waals surface area contributed by atoms with Crippen LogP contribution in [-0.4, -0.2) is 37.2 Å². The molecule has 1 atom stereocenters. The van der Waals surface area contributed by atoms with E-state index in [1.54, 1.807) is 0 Å². The Kier molecular flexibility index (Phi) is 56.0. The topological polar surface area (TPSA) is 78.9 Å². The maximum Gasteiger partial charge on any atom is 0.306 e. The molecule has 0 aromatic rings. The summed E-state index contributed by atoms with van der Waals surface area (Å²) in [7, 11) is 0. The summed E-state index contributed by atoms with van der Waals surface area (Å²) in [5, 5.41) is 0. The van der Waals surface area contributed by atoms with Gasteiger partial charge in [0.25, 0.3) is 0 Å². The van der Waals surface area contributed by atoms with Crippen molar-refractivity contribution in [2.24, 2.45) is 0 Å². The highest BCUT2D eigenvalue weighted by atomic mass is 16.6. The highest BCUT2D eigenvalue weighted by Crippen LogP contribution is 2.14. The lowest BCUT2D eigenvalue weighted by Crippen LogP contribution is -2.30. The lowest BCUT2D eigenvalue weighted by atomic mass is 10.1. The van der Waals surface area contributed by atoms with Gasteiger partial charge in [-0.3, -0.25) is 14.4 Å². The molecular weight excluding hydrogens is 901 g/mol. The molecule has 410 valence electrons. The summed E-state index contributed by atoms with van der Waals surface area (Å²) < 4.78 is 16.7. The third-order valence-electron chi connectivity index (χ3n) is 11.8. The first-order valence-corrected chi connectivity index (χ1v) is 29.3. The molecule has 0 N–H and O–H groups in total. The van der Waals surface area contributed by atoms with Crippen LogP contribution in [0.5, 0.6) is 0 Å². The number of unbranched alkanes of at least 4 members (excludes halogenated alkanes) is 16. The van der Waals surface area contributed by atoms with Crippen molar-refractivity contribution in [2.45, 2.75) is 245 Å². The second kappa shape index (κ2) is 59.8. The van der Waals surface area contributed by atoms with Crippen LogP contribution in [0.3, 0.4) is 0 Å². The molecule has 0 rings (SSSR count). The maximum atomic E-state index is 12.8. The van der Waals surface area contributed by atoms with Gasteiger partial charge in [-0.15, -0.1) is 0 Å². The van der Waals surface area contributed by atoms with Crippen molar-refractivity contribution in [3.05, 3.63) is 146 Å². The summed E-state index contributed by atoms with van der Waals surface area (Å²) in [5.74, 6) is -1.02. The Morgan fingerprint density at radius 2 is 0.562 bits per heavy atom. The molecule has 0 spiro atoms. The number of carbonyl (C=O) groups excluding carboxylic acids is 3. The van der Waals surface area contributed by atoms with Crippen molar-refractivity contribution in [1.29, 1.82) is 0 Å². The van der Waals surface area contributed by atoms with E-state index in [9.17, 15) is 14.4 Å². The second-order valence-corrected chi connectivity index (χ2v) is 18.8. The number of ether oxygens (including phenoxy) is 3. The minimum atomic E-state index is -0.826. The Hall–Kier alpha value is -4.71. The van der Waals surface area contributed by atoms with Crippen LogP contribution in [0.1, 0.15) is 239 Å². The van der Waals surface area contributed by atoms with Gasteiger partial charge >= 0.3 is 17.9 Å². The van der Waals surface area contributed by atoms with Gasteiger partial charge < -0.3 is 14.2 Å². The normalized spacial score (nSPS) is 13.2. The first-order valence-electron chi connectivity index (χ1n) is 29.3. The van der Waals surface area contributed by atoms with Gasteiger partial charge in [0.1, 0.15) is 13.2 Å². The molecule has 1 unspecified atom stereocenters. The summed E-state index contributed by atoms with van der Waals surface area (Å²) in [5.41, 5.74) is 0. The van der Waals surface area contributed by atoms with E-state index in [1.807, 2.05) is 12.2 Å². The SMILES string of the molecule is CC/C=C\C/C=C\C/C=C\C/C=C\C/C=C\C/C=C\C/C=C\CCCCCCCCCCCC(=O)OCC(COC(=O)CCCCCCC/C=C\CCCC)OC(=O)CC/C=C\C/C=C\C/C=C\C/C=C\CC. The second-order valence-electron chi connectivity index (χ2n) is 18.8. The third kappa shape index (κ3) is 58.1. The van der Waals surface area contributed by atoms with Gasteiger partial charge in [0.2, 0.25) is 0 Å². The van der Waals surface area contributed by atoms with E-state index < -0.39 is 12.1 Å². The zero-order valence-electron chi connectivity index (χ0n) is 46.8. The Labute approximate surface area is 448 Å². The van der Waals surface area contributed by atoms with E-state index in [-0.39, 0.29) is 31.6 Å². The van der Waals surface area contributed by atoms with Crippen LogP contribution >= 0.6 is 0 Å². The van der Waals surface area contributed by atoms with E-state index in [2.05, 4.69) is 154 Å². The van der Waals surface area contributed by atoms with Crippen LogP contribution < -0.4 is 0 Å². The van der Waals surface area contributed by atoms with Crippen molar-refractivity contribution in [3.63, 3.8) is 0 Å². The molecule has 0 aliphatic rings. The Morgan fingerprint density at radius 1 is 0.288 bits per heavy atom. The van der Waals surface area contributed by atoms with Gasteiger partial charge in [-0.05, 0) is 122 Å². The molecule has 0 saturated heterocycles. The monoisotopic (exact) mass is 1010 g/mol. The minimum absolute atomic E-state index is 0.117.